The molecule has 0 saturated heterocycles. The summed E-state index contributed by atoms with van der Waals surface area (Å²) in [6.07, 6.45) is 3.11. The molecular weight excluding hydrogens is 314 g/mol. The SMILES string of the molecule is COc1cc(OC)nc(-c2ncc(Cl)cc2C(=O)SC)n1. The largest absolute Gasteiger partial charge is 0.481 e. The van der Waals surface area contributed by atoms with Crippen LogP contribution in [-0.2, 0) is 0 Å². The van der Waals surface area contributed by atoms with E-state index in [1.807, 2.05) is 0 Å². The maximum Gasteiger partial charge on any atom is 0.221 e. The van der Waals surface area contributed by atoms with Crippen LogP contribution in [0.5, 0.6) is 11.8 Å². The maximum absolute atomic E-state index is 12.0. The molecule has 0 fully saturated rings. The molecule has 110 valence electrons. The Balaban J connectivity index is 2.63. The van der Waals surface area contributed by atoms with Gasteiger partial charge in [-0.3, -0.25) is 9.78 Å². The number of hydrogen-bond acceptors (Lipinski definition) is 7. The molecule has 2 aromatic heterocycles. The van der Waals surface area contributed by atoms with Crippen molar-refractivity contribution >= 4 is 28.5 Å². The molecule has 2 rings (SSSR count). The van der Waals surface area contributed by atoms with Gasteiger partial charge in [0.1, 0.15) is 5.69 Å². The summed E-state index contributed by atoms with van der Waals surface area (Å²) in [6, 6.07) is 3.08. The van der Waals surface area contributed by atoms with Gasteiger partial charge in [0.2, 0.25) is 16.9 Å². The van der Waals surface area contributed by atoms with E-state index in [9.17, 15) is 4.79 Å². The predicted molar refractivity (Wildman–Crippen MR) is 81.2 cm³/mol. The lowest BCUT2D eigenvalue weighted by molar-refractivity contribution is 0.108. The number of halogens is 1. The van der Waals surface area contributed by atoms with Gasteiger partial charge < -0.3 is 9.47 Å². The third-order valence-electron chi connectivity index (χ3n) is 2.57. The maximum atomic E-state index is 12.0. The van der Waals surface area contributed by atoms with Crippen LogP contribution in [0, 0.1) is 0 Å². The molecule has 6 nitrogen and oxygen atoms in total. The fourth-order valence-corrected chi connectivity index (χ4v) is 2.14. The Morgan fingerprint density at radius 2 is 1.81 bits per heavy atom. The van der Waals surface area contributed by atoms with Crippen molar-refractivity contribution in [1.29, 1.82) is 0 Å². The predicted octanol–water partition coefficient (Wildman–Crippen LogP) is 2.71. The van der Waals surface area contributed by atoms with Crippen LogP contribution in [0.2, 0.25) is 5.02 Å². The Hall–Kier alpha value is -1.86. The van der Waals surface area contributed by atoms with E-state index in [0.717, 1.165) is 11.8 Å². The average Bonchev–Trinajstić information content (AvgIpc) is 2.53. The van der Waals surface area contributed by atoms with Crippen LogP contribution in [0.25, 0.3) is 11.5 Å². The van der Waals surface area contributed by atoms with E-state index in [1.54, 1.807) is 6.26 Å². The van der Waals surface area contributed by atoms with Crippen molar-refractivity contribution in [1.82, 2.24) is 15.0 Å². The Bertz CT molecular complexity index is 659. The summed E-state index contributed by atoms with van der Waals surface area (Å²) in [5, 5.41) is 0.191. The number of ether oxygens (including phenoxy) is 2. The number of thioether (sulfide) groups is 1. The highest BCUT2D eigenvalue weighted by atomic mass is 35.5. The minimum absolute atomic E-state index is 0.176. The lowest BCUT2D eigenvalue weighted by Crippen LogP contribution is -2.04. The quantitative estimate of drug-likeness (QED) is 0.855. The summed E-state index contributed by atoms with van der Waals surface area (Å²) in [6.45, 7) is 0. The van der Waals surface area contributed by atoms with E-state index in [1.165, 1.54) is 32.5 Å². The van der Waals surface area contributed by atoms with Crippen LogP contribution in [0.3, 0.4) is 0 Å². The molecule has 2 aromatic rings. The van der Waals surface area contributed by atoms with Crippen molar-refractivity contribution in [2.24, 2.45) is 0 Å². The first-order valence-electron chi connectivity index (χ1n) is 5.80. The standard InChI is InChI=1S/C13H12ClN3O3S/c1-19-9-5-10(20-2)17-12(16-9)11-8(13(18)21-3)4-7(14)6-15-11/h4-6H,1-3H3. The zero-order valence-electron chi connectivity index (χ0n) is 11.6. The minimum atomic E-state index is -0.176. The second-order valence-electron chi connectivity index (χ2n) is 3.82. The van der Waals surface area contributed by atoms with Gasteiger partial charge >= 0.3 is 0 Å². The van der Waals surface area contributed by atoms with E-state index >= 15 is 0 Å². The number of methoxy groups -OCH3 is 2. The molecule has 0 saturated carbocycles. The van der Waals surface area contributed by atoms with E-state index in [-0.39, 0.29) is 10.9 Å². The first kappa shape index (κ1) is 15.5. The molecule has 0 bridgehead atoms. The van der Waals surface area contributed by atoms with Gasteiger partial charge in [0, 0.05) is 6.20 Å². The van der Waals surface area contributed by atoms with Crippen molar-refractivity contribution in [2.75, 3.05) is 20.5 Å². The van der Waals surface area contributed by atoms with Gasteiger partial charge in [-0.25, -0.2) is 0 Å². The molecule has 0 amide bonds. The Kier molecular flexibility index (Phi) is 4.98. The van der Waals surface area contributed by atoms with Crippen LogP contribution >= 0.6 is 23.4 Å². The lowest BCUT2D eigenvalue weighted by atomic mass is 10.2. The number of nitrogens with zero attached hydrogens (tertiary/aromatic N) is 3. The first-order valence-corrected chi connectivity index (χ1v) is 7.40. The van der Waals surface area contributed by atoms with Crippen LogP contribution in [0.15, 0.2) is 18.3 Å². The summed E-state index contributed by atoms with van der Waals surface area (Å²) in [4.78, 5) is 24.6. The second kappa shape index (κ2) is 6.73. The first-order chi connectivity index (χ1) is 10.1. The van der Waals surface area contributed by atoms with Gasteiger partial charge in [0.15, 0.2) is 5.82 Å². The van der Waals surface area contributed by atoms with Gasteiger partial charge in [-0.05, 0) is 12.3 Å². The number of carbonyl (C=O) groups excluding carboxylic acids is 1. The molecule has 0 aliphatic rings. The molecular formula is C13H12ClN3O3S. The van der Waals surface area contributed by atoms with Gasteiger partial charge in [-0.2, -0.15) is 9.97 Å². The summed E-state index contributed by atoms with van der Waals surface area (Å²) in [5.74, 6) is 0.868. The molecule has 0 radical (unpaired) electrons. The van der Waals surface area contributed by atoms with E-state index in [2.05, 4.69) is 15.0 Å². The molecule has 21 heavy (non-hydrogen) atoms. The van der Waals surface area contributed by atoms with Crippen molar-refractivity contribution in [3.63, 3.8) is 0 Å². The Morgan fingerprint density at radius 1 is 1.19 bits per heavy atom. The van der Waals surface area contributed by atoms with Gasteiger partial charge in [0.05, 0.1) is 30.9 Å². The van der Waals surface area contributed by atoms with Crippen LogP contribution in [0.1, 0.15) is 10.4 Å². The fourth-order valence-electron chi connectivity index (χ4n) is 1.60. The third kappa shape index (κ3) is 3.43. The van der Waals surface area contributed by atoms with Gasteiger partial charge in [-0.1, -0.05) is 23.4 Å². The summed E-state index contributed by atoms with van der Waals surface area (Å²) < 4.78 is 10.2. The molecule has 0 aromatic carbocycles. The van der Waals surface area contributed by atoms with Crippen LogP contribution in [0.4, 0.5) is 0 Å². The number of pyridine rings is 1. The number of aromatic nitrogens is 3. The molecule has 0 N–H and O–H groups in total. The second-order valence-corrected chi connectivity index (χ2v) is 5.03. The number of rotatable bonds is 4. The van der Waals surface area contributed by atoms with Crippen molar-refractivity contribution in [2.45, 2.75) is 0 Å². The summed E-state index contributed by atoms with van der Waals surface area (Å²) in [7, 11) is 2.96. The fraction of sp³-hybridized carbons (Fsp3) is 0.231. The Morgan fingerprint density at radius 3 is 2.33 bits per heavy atom. The van der Waals surface area contributed by atoms with Crippen molar-refractivity contribution in [3.05, 3.63) is 28.9 Å². The van der Waals surface area contributed by atoms with Crippen molar-refractivity contribution in [3.8, 4) is 23.3 Å². The monoisotopic (exact) mass is 325 g/mol. The van der Waals surface area contributed by atoms with E-state index < -0.39 is 0 Å². The Labute approximate surface area is 130 Å². The highest BCUT2D eigenvalue weighted by molar-refractivity contribution is 8.13. The minimum Gasteiger partial charge on any atom is -0.481 e. The molecule has 0 aliphatic carbocycles. The zero-order chi connectivity index (χ0) is 15.4. The molecule has 0 aliphatic heterocycles. The van der Waals surface area contributed by atoms with Gasteiger partial charge in [0.25, 0.3) is 0 Å². The lowest BCUT2D eigenvalue weighted by Gasteiger charge is -2.09. The van der Waals surface area contributed by atoms with Crippen LogP contribution in [-0.4, -0.2) is 40.5 Å². The molecule has 0 spiro atoms. The van der Waals surface area contributed by atoms with Crippen LogP contribution < -0.4 is 9.47 Å². The molecule has 8 heteroatoms. The van der Waals surface area contributed by atoms with E-state index in [0.29, 0.717) is 28.0 Å². The summed E-state index contributed by atoms with van der Waals surface area (Å²) >= 11 is 6.97. The molecule has 2 heterocycles. The smallest absolute Gasteiger partial charge is 0.221 e. The normalized spacial score (nSPS) is 10.3. The summed E-state index contributed by atoms with van der Waals surface area (Å²) in [5.41, 5.74) is 0.668. The van der Waals surface area contributed by atoms with E-state index in [4.69, 9.17) is 21.1 Å². The zero-order valence-corrected chi connectivity index (χ0v) is 13.2. The van der Waals surface area contributed by atoms with Crippen molar-refractivity contribution < 1.29 is 14.3 Å². The molecule has 0 unspecified atom stereocenters. The highest BCUT2D eigenvalue weighted by Gasteiger charge is 2.18. The topological polar surface area (TPSA) is 74.2 Å². The number of hydrogen-bond donors (Lipinski definition) is 0. The highest BCUT2D eigenvalue weighted by Crippen LogP contribution is 2.27. The average molecular weight is 326 g/mol. The van der Waals surface area contributed by atoms with Gasteiger partial charge in [-0.15, -0.1) is 0 Å². The third-order valence-corrected chi connectivity index (χ3v) is 3.37. The number of carbonyl (C=O) groups is 1. The molecule has 0 atom stereocenters.